The average molecular weight is 289 g/mol. The second kappa shape index (κ2) is 6.13. The molecule has 1 aliphatic heterocycles. The van der Waals surface area contributed by atoms with E-state index < -0.39 is 0 Å². The molecular weight excluding hydrogens is 270 g/mol. The van der Waals surface area contributed by atoms with E-state index in [0.29, 0.717) is 29.6 Å². The van der Waals surface area contributed by atoms with Gasteiger partial charge in [-0.05, 0) is 31.4 Å². The monoisotopic (exact) mass is 289 g/mol. The van der Waals surface area contributed by atoms with E-state index in [-0.39, 0.29) is 6.10 Å². The summed E-state index contributed by atoms with van der Waals surface area (Å²) < 4.78 is 16.1. The number of nitrogens with zero attached hydrogens (tertiary/aromatic N) is 2. The van der Waals surface area contributed by atoms with Crippen molar-refractivity contribution in [2.75, 3.05) is 19.5 Å². The van der Waals surface area contributed by atoms with Gasteiger partial charge < -0.3 is 19.7 Å². The molecule has 1 saturated heterocycles. The van der Waals surface area contributed by atoms with Crippen molar-refractivity contribution < 1.29 is 14.0 Å². The number of nitrogens with two attached hydrogens (primary N) is 1. The molecule has 0 saturated carbocycles. The molecule has 2 heterocycles. The van der Waals surface area contributed by atoms with Crippen LogP contribution >= 0.6 is 0 Å². The minimum atomic E-state index is 0.192. The number of rotatable bonds is 4. The minimum Gasteiger partial charge on any atom is -0.497 e. The number of benzene rings is 1. The van der Waals surface area contributed by atoms with Gasteiger partial charge in [-0.1, -0.05) is 5.16 Å². The number of hydrogen-bond donors (Lipinski definition) is 1. The van der Waals surface area contributed by atoms with Crippen molar-refractivity contribution in [1.82, 2.24) is 10.1 Å². The quantitative estimate of drug-likeness (QED) is 0.870. The van der Waals surface area contributed by atoms with Crippen LogP contribution in [0, 0.1) is 0 Å². The first-order chi connectivity index (χ1) is 10.3. The van der Waals surface area contributed by atoms with Crippen LogP contribution in [0.4, 0.5) is 5.69 Å². The largest absolute Gasteiger partial charge is 0.497 e. The molecule has 0 bridgehead atoms. The Hall–Kier alpha value is -2.08. The topological polar surface area (TPSA) is 83.4 Å². The van der Waals surface area contributed by atoms with Crippen LogP contribution in [0.25, 0.3) is 11.5 Å². The molecule has 112 valence electrons. The van der Waals surface area contributed by atoms with E-state index >= 15 is 0 Å². The zero-order valence-electron chi connectivity index (χ0n) is 12.0. The second-order valence-electron chi connectivity index (χ2n) is 5.16. The Labute approximate surface area is 123 Å². The fourth-order valence-electron chi connectivity index (χ4n) is 2.48. The predicted octanol–water partition coefficient (Wildman–Crippen LogP) is 2.44. The van der Waals surface area contributed by atoms with Crippen molar-refractivity contribution in [3.63, 3.8) is 0 Å². The zero-order valence-corrected chi connectivity index (χ0v) is 12.0. The Morgan fingerprint density at radius 1 is 1.38 bits per heavy atom. The maximum Gasteiger partial charge on any atom is 0.260 e. The van der Waals surface area contributed by atoms with Gasteiger partial charge in [0.2, 0.25) is 0 Å². The van der Waals surface area contributed by atoms with Crippen molar-refractivity contribution >= 4 is 5.69 Å². The summed E-state index contributed by atoms with van der Waals surface area (Å²) in [5.41, 5.74) is 7.27. The van der Waals surface area contributed by atoms with Gasteiger partial charge in [0.1, 0.15) is 5.75 Å². The SMILES string of the molecule is COc1ccc(-c2nc(CC3CCCCO3)no2)c(N)c1. The first-order valence-electron chi connectivity index (χ1n) is 7.14. The third-order valence-electron chi connectivity index (χ3n) is 3.64. The Morgan fingerprint density at radius 3 is 3.00 bits per heavy atom. The van der Waals surface area contributed by atoms with Crippen LogP contribution in [0.5, 0.6) is 5.75 Å². The van der Waals surface area contributed by atoms with Gasteiger partial charge in [0.25, 0.3) is 5.89 Å². The summed E-state index contributed by atoms with van der Waals surface area (Å²) in [6, 6.07) is 5.38. The molecule has 21 heavy (non-hydrogen) atoms. The molecule has 0 aliphatic carbocycles. The maximum absolute atomic E-state index is 5.99. The lowest BCUT2D eigenvalue weighted by Crippen LogP contribution is -2.21. The summed E-state index contributed by atoms with van der Waals surface area (Å²) >= 11 is 0. The molecule has 1 aliphatic rings. The van der Waals surface area contributed by atoms with Crippen LogP contribution in [-0.4, -0.2) is 30.0 Å². The Balaban J connectivity index is 1.75. The fourth-order valence-corrected chi connectivity index (χ4v) is 2.48. The van der Waals surface area contributed by atoms with E-state index in [9.17, 15) is 0 Å². The van der Waals surface area contributed by atoms with E-state index in [0.717, 1.165) is 25.0 Å². The van der Waals surface area contributed by atoms with Gasteiger partial charge in [-0.25, -0.2) is 0 Å². The van der Waals surface area contributed by atoms with Crippen LogP contribution < -0.4 is 10.5 Å². The van der Waals surface area contributed by atoms with Gasteiger partial charge in [0.15, 0.2) is 5.82 Å². The molecule has 0 radical (unpaired) electrons. The Kier molecular flexibility index (Phi) is 4.06. The van der Waals surface area contributed by atoms with Gasteiger partial charge in [0, 0.05) is 24.8 Å². The van der Waals surface area contributed by atoms with Gasteiger partial charge in [-0.3, -0.25) is 0 Å². The van der Waals surface area contributed by atoms with Gasteiger partial charge >= 0.3 is 0 Å². The highest BCUT2D eigenvalue weighted by atomic mass is 16.5. The number of hydrogen-bond acceptors (Lipinski definition) is 6. The van der Waals surface area contributed by atoms with E-state index in [2.05, 4.69) is 10.1 Å². The average Bonchev–Trinajstić information content (AvgIpc) is 2.96. The lowest BCUT2D eigenvalue weighted by Gasteiger charge is -2.20. The van der Waals surface area contributed by atoms with Crippen LogP contribution in [0.2, 0.25) is 0 Å². The van der Waals surface area contributed by atoms with Crippen molar-refractivity contribution in [3.05, 3.63) is 24.0 Å². The third kappa shape index (κ3) is 3.16. The normalized spacial score (nSPS) is 18.6. The third-order valence-corrected chi connectivity index (χ3v) is 3.64. The smallest absolute Gasteiger partial charge is 0.260 e. The van der Waals surface area contributed by atoms with Crippen LogP contribution in [0.3, 0.4) is 0 Å². The van der Waals surface area contributed by atoms with Crippen molar-refractivity contribution in [1.29, 1.82) is 0 Å². The van der Waals surface area contributed by atoms with Crippen LogP contribution in [0.15, 0.2) is 22.7 Å². The Morgan fingerprint density at radius 2 is 2.29 bits per heavy atom. The minimum absolute atomic E-state index is 0.192. The standard InChI is InChI=1S/C15H19N3O3/c1-19-10-5-6-12(13(16)8-10)15-17-14(18-21-15)9-11-4-2-3-7-20-11/h5-6,8,11H,2-4,7,9,16H2,1H3. The number of aromatic nitrogens is 2. The predicted molar refractivity (Wildman–Crippen MR) is 78.0 cm³/mol. The second-order valence-corrected chi connectivity index (χ2v) is 5.16. The molecule has 1 unspecified atom stereocenters. The van der Waals surface area contributed by atoms with Crippen molar-refractivity contribution in [2.45, 2.75) is 31.8 Å². The highest BCUT2D eigenvalue weighted by molar-refractivity contribution is 5.71. The molecule has 0 spiro atoms. The lowest BCUT2D eigenvalue weighted by atomic mass is 10.1. The van der Waals surface area contributed by atoms with Crippen LogP contribution in [-0.2, 0) is 11.2 Å². The molecule has 3 rings (SSSR count). The highest BCUT2D eigenvalue weighted by Crippen LogP contribution is 2.28. The summed E-state index contributed by atoms with van der Waals surface area (Å²) in [5, 5.41) is 4.02. The van der Waals surface area contributed by atoms with Crippen molar-refractivity contribution in [2.24, 2.45) is 0 Å². The molecule has 2 aromatic rings. The van der Waals surface area contributed by atoms with E-state index in [1.54, 1.807) is 13.2 Å². The summed E-state index contributed by atoms with van der Waals surface area (Å²) in [4.78, 5) is 4.41. The number of nitrogen functional groups attached to an aromatic ring is 1. The fraction of sp³-hybridized carbons (Fsp3) is 0.467. The van der Waals surface area contributed by atoms with Gasteiger partial charge in [-0.2, -0.15) is 4.98 Å². The number of anilines is 1. The summed E-state index contributed by atoms with van der Waals surface area (Å²) in [6.07, 6.45) is 4.25. The number of methoxy groups -OCH3 is 1. The molecule has 1 aromatic carbocycles. The van der Waals surface area contributed by atoms with E-state index in [1.165, 1.54) is 6.42 Å². The summed E-state index contributed by atoms with van der Waals surface area (Å²) in [5.74, 6) is 1.79. The molecule has 6 nitrogen and oxygen atoms in total. The first kappa shape index (κ1) is 13.9. The molecule has 1 fully saturated rings. The van der Waals surface area contributed by atoms with Crippen molar-refractivity contribution in [3.8, 4) is 17.2 Å². The summed E-state index contributed by atoms with van der Waals surface area (Å²) in [7, 11) is 1.60. The van der Waals surface area contributed by atoms with E-state index in [1.807, 2.05) is 12.1 Å². The molecule has 6 heteroatoms. The maximum atomic E-state index is 5.99. The molecule has 1 atom stereocenters. The summed E-state index contributed by atoms with van der Waals surface area (Å²) in [6.45, 7) is 0.820. The van der Waals surface area contributed by atoms with Crippen LogP contribution in [0.1, 0.15) is 25.1 Å². The van der Waals surface area contributed by atoms with Gasteiger partial charge in [0.05, 0.1) is 18.8 Å². The lowest BCUT2D eigenvalue weighted by molar-refractivity contribution is 0.0153. The highest BCUT2D eigenvalue weighted by Gasteiger charge is 2.19. The molecule has 2 N–H and O–H groups in total. The molecular formula is C15H19N3O3. The van der Waals surface area contributed by atoms with E-state index in [4.69, 9.17) is 19.7 Å². The zero-order chi connectivity index (χ0) is 14.7. The van der Waals surface area contributed by atoms with Gasteiger partial charge in [-0.15, -0.1) is 0 Å². The Bertz CT molecular complexity index is 606. The molecule has 0 amide bonds. The number of ether oxygens (including phenoxy) is 2. The first-order valence-corrected chi connectivity index (χ1v) is 7.14. The molecule has 1 aromatic heterocycles.